The van der Waals surface area contributed by atoms with Crippen molar-refractivity contribution in [1.82, 2.24) is 10.6 Å². The molecule has 0 aliphatic carbocycles. The highest BCUT2D eigenvalue weighted by molar-refractivity contribution is 5.94. The molecule has 0 bridgehead atoms. The molecule has 0 saturated carbocycles. The van der Waals surface area contributed by atoms with Crippen LogP contribution in [0.15, 0.2) is 18.2 Å². The second-order valence-corrected chi connectivity index (χ2v) is 3.56. The normalized spacial score (nSPS) is 10.3. The smallest absolute Gasteiger partial charge is 0.257 e. The van der Waals surface area contributed by atoms with E-state index in [1.807, 2.05) is 6.92 Å². The van der Waals surface area contributed by atoms with E-state index in [9.17, 15) is 13.6 Å². The molecule has 0 fully saturated rings. The first kappa shape index (κ1) is 13.6. The molecule has 0 unspecified atom stereocenters. The van der Waals surface area contributed by atoms with E-state index in [2.05, 4.69) is 10.6 Å². The van der Waals surface area contributed by atoms with Crippen molar-refractivity contribution in [3.8, 4) is 0 Å². The molecule has 0 aliphatic rings. The Morgan fingerprint density at radius 3 is 2.47 bits per heavy atom. The maximum Gasteiger partial charge on any atom is 0.257 e. The minimum absolute atomic E-state index is 0.388. The molecule has 1 amide bonds. The minimum atomic E-state index is -0.839. The van der Waals surface area contributed by atoms with Gasteiger partial charge in [-0.25, -0.2) is 8.78 Å². The Kier molecular flexibility index (Phi) is 5.56. The molecule has 0 spiro atoms. The first-order chi connectivity index (χ1) is 8.16. The fourth-order valence-corrected chi connectivity index (χ4v) is 1.40. The molecule has 1 aromatic rings. The van der Waals surface area contributed by atoms with Crippen LogP contribution in [0.1, 0.15) is 23.7 Å². The molecule has 0 aliphatic heterocycles. The van der Waals surface area contributed by atoms with Gasteiger partial charge in [0.15, 0.2) is 0 Å². The van der Waals surface area contributed by atoms with Crippen molar-refractivity contribution in [3.05, 3.63) is 35.4 Å². The summed E-state index contributed by atoms with van der Waals surface area (Å²) < 4.78 is 26.4. The predicted octanol–water partition coefficient (Wildman–Crippen LogP) is 1.69. The molecule has 0 aromatic heterocycles. The third kappa shape index (κ3) is 4.11. The number of carbonyl (C=O) groups is 1. The molecule has 2 N–H and O–H groups in total. The highest BCUT2D eigenvalue weighted by atomic mass is 19.1. The van der Waals surface area contributed by atoms with Crippen LogP contribution in [0.4, 0.5) is 8.78 Å². The number of amides is 1. The Balaban J connectivity index is 2.47. The summed E-state index contributed by atoms with van der Waals surface area (Å²) in [4.78, 5) is 11.5. The summed E-state index contributed by atoms with van der Waals surface area (Å²) in [5.74, 6) is -2.39. The van der Waals surface area contributed by atoms with Crippen LogP contribution in [0.5, 0.6) is 0 Å². The highest BCUT2D eigenvalue weighted by Gasteiger charge is 2.15. The number of halogens is 2. The lowest BCUT2D eigenvalue weighted by molar-refractivity contribution is 0.0945. The zero-order chi connectivity index (χ0) is 12.7. The molecule has 1 aromatic carbocycles. The molecule has 1 rings (SSSR count). The average Bonchev–Trinajstić information content (AvgIpc) is 2.28. The van der Waals surface area contributed by atoms with Crippen LogP contribution >= 0.6 is 0 Å². The van der Waals surface area contributed by atoms with Crippen LogP contribution < -0.4 is 10.6 Å². The number of carbonyl (C=O) groups excluding carboxylic acids is 1. The van der Waals surface area contributed by atoms with E-state index in [0.717, 1.165) is 31.6 Å². The van der Waals surface area contributed by atoms with Gasteiger partial charge in [-0.2, -0.15) is 0 Å². The van der Waals surface area contributed by atoms with Crippen molar-refractivity contribution in [2.75, 3.05) is 19.6 Å². The fourth-order valence-electron chi connectivity index (χ4n) is 1.40. The summed E-state index contributed by atoms with van der Waals surface area (Å²) in [5.41, 5.74) is -0.518. The molecule has 94 valence electrons. The highest BCUT2D eigenvalue weighted by Crippen LogP contribution is 2.11. The first-order valence-electron chi connectivity index (χ1n) is 5.59. The summed E-state index contributed by atoms with van der Waals surface area (Å²) in [5, 5.41) is 5.57. The Bertz CT molecular complexity index is 363. The zero-order valence-electron chi connectivity index (χ0n) is 9.72. The molecular weight excluding hydrogens is 226 g/mol. The van der Waals surface area contributed by atoms with Gasteiger partial charge < -0.3 is 10.6 Å². The molecule has 0 heterocycles. The number of benzene rings is 1. The summed E-state index contributed by atoms with van der Waals surface area (Å²) in [6.45, 7) is 3.99. The topological polar surface area (TPSA) is 41.1 Å². The molecule has 0 atom stereocenters. The first-order valence-corrected chi connectivity index (χ1v) is 5.59. The monoisotopic (exact) mass is 242 g/mol. The maximum absolute atomic E-state index is 13.2. The third-order valence-corrected chi connectivity index (χ3v) is 2.26. The number of nitrogens with one attached hydrogen (secondary N) is 2. The van der Waals surface area contributed by atoms with Gasteiger partial charge in [0.25, 0.3) is 5.91 Å². The standard InChI is InChI=1S/C12H16F2N2O/c1-2-15-7-4-8-16-12(17)11-9(13)5-3-6-10(11)14/h3,5-6,15H,2,4,7-8H2,1H3,(H,16,17). The second kappa shape index (κ2) is 6.96. The minimum Gasteiger partial charge on any atom is -0.352 e. The summed E-state index contributed by atoms with van der Waals surface area (Å²) >= 11 is 0. The molecule has 3 nitrogen and oxygen atoms in total. The van der Waals surface area contributed by atoms with Crippen molar-refractivity contribution < 1.29 is 13.6 Å². The van der Waals surface area contributed by atoms with Gasteiger partial charge in [-0.05, 0) is 31.6 Å². The van der Waals surface area contributed by atoms with E-state index < -0.39 is 23.1 Å². The van der Waals surface area contributed by atoms with Crippen molar-refractivity contribution in [2.45, 2.75) is 13.3 Å². The van der Waals surface area contributed by atoms with Gasteiger partial charge in [-0.15, -0.1) is 0 Å². The lowest BCUT2D eigenvalue weighted by Crippen LogP contribution is -2.28. The zero-order valence-corrected chi connectivity index (χ0v) is 9.72. The van der Waals surface area contributed by atoms with Crippen molar-refractivity contribution in [1.29, 1.82) is 0 Å². The quantitative estimate of drug-likeness (QED) is 0.745. The van der Waals surface area contributed by atoms with E-state index in [1.54, 1.807) is 0 Å². The fraction of sp³-hybridized carbons (Fsp3) is 0.417. The number of hydrogen-bond donors (Lipinski definition) is 2. The SMILES string of the molecule is CCNCCCNC(=O)c1c(F)cccc1F. The molecule has 17 heavy (non-hydrogen) atoms. The van der Waals surface area contributed by atoms with Gasteiger partial charge in [0, 0.05) is 6.54 Å². The largest absolute Gasteiger partial charge is 0.352 e. The third-order valence-electron chi connectivity index (χ3n) is 2.26. The van der Waals surface area contributed by atoms with E-state index in [0.29, 0.717) is 6.54 Å². The van der Waals surface area contributed by atoms with Crippen LogP contribution in [0, 0.1) is 11.6 Å². The van der Waals surface area contributed by atoms with Gasteiger partial charge >= 0.3 is 0 Å². The van der Waals surface area contributed by atoms with Gasteiger partial charge in [-0.3, -0.25) is 4.79 Å². The van der Waals surface area contributed by atoms with E-state index >= 15 is 0 Å². The summed E-state index contributed by atoms with van der Waals surface area (Å²) in [7, 11) is 0. The lowest BCUT2D eigenvalue weighted by atomic mass is 10.2. The van der Waals surface area contributed by atoms with Crippen molar-refractivity contribution in [2.24, 2.45) is 0 Å². The van der Waals surface area contributed by atoms with E-state index in [1.165, 1.54) is 6.07 Å². The maximum atomic E-state index is 13.2. The van der Waals surface area contributed by atoms with Gasteiger partial charge in [0.2, 0.25) is 0 Å². The van der Waals surface area contributed by atoms with Gasteiger partial charge in [-0.1, -0.05) is 13.0 Å². The van der Waals surface area contributed by atoms with Crippen LogP contribution in [0.2, 0.25) is 0 Å². The molecule has 0 radical (unpaired) electrons. The van der Waals surface area contributed by atoms with Crippen molar-refractivity contribution in [3.63, 3.8) is 0 Å². The Morgan fingerprint density at radius 1 is 1.24 bits per heavy atom. The molecule has 5 heteroatoms. The lowest BCUT2D eigenvalue weighted by Gasteiger charge is -2.07. The summed E-state index contributed by atoms with van der Waals surface area (Å²) in [6.07, 6.45) is 0.718. The van der Waals surface area contributed by atoms with Gasteiger partial charge in [0.05, 0.1) is 0 Å². The summed E-state index contributed by atoms with van der Waals surface area (Å²) in [6, 6.07) is 3.36. The molecular formula is C12H16F2N2O. The number of hydrogen-bond acceptors (Lipinski definition) is 2. The van der Waals surface area contributed by atoms with Gasteiger partial charge in [0.1, 0.15) is 17.2 Å². The van der Waals surface area contributed by atoms with Crippen LogP contribution in [-0.2, 0) is 0 Å². The Morgan fingerprint density at radius 2 is 1.88 bits per heavy atom. The average molecular weight is 242 g/mol. The Labute approximate surface area is 99.2 Å². The second-order valence-electron chi connectivity index (χ2n) is 3.56. The van der Waals surface area contributed by atoms with Crippen molar-refractivity contribution >= 4 is 5.91 Å². The van der Waals surface area contributed by atoms with Crippen LogP contribution in [0.25, 0.3) is 0 Å². The predicted molar refractivity (Wildman–Crippen MR) is 61.9 cm³/mol. The Hall–Kier alpha value is -1.49. The van der Waals surface area contributed by atoms with E-state index in [4.69, 9.17) is 0 Å². The van der Waals surface area contributed by atoms with E-state index in [-0.39, 0.29) is 0 Å². The number of rotatable bonds is 6. The molecule has 0 saturated heterocycles. The van der Waals surface area contributed by atoms with Crippen LogP contribution in [0.3, 0.4) is 0 Å². The van der Waals surface area contributed by atoms with Crippen LogP contribution in [-0.4, -0.2) is 25.5 Å².